The lowest BCUT2D eigenvalue weighted by Crippen LogP contribution is -2.36. The molecule has 0 N–H and O–H groups in total. The summed E-state index contributed by atoms with van der Waals surface area (Å²) in [5.74, 6) is 0.654. The van der Waals surface area contributed by atoms with Gasteiger partial charge in [0.05, 0.1) is 22.3 Å². The van der Waals surface area contributed by atoms with E-state index >= 15 is 0 Å². The average molecular weight is 310 g/mol. The lowest BCUT2D eigenvalue weighted by atomic mass is 10.1. The van der Waals surface area contributed by atoms with E-state index in [4.69, 9.17) is 11.6 Å². The van der Waals surface area contributed by atoms with Gasteiger partial charge in [-0.3, -0.25) is 9.78 Å². The van der Waals surface area contributed by atoms with Crippen LogP contribution in [-0.4, -0.2) is 14.8 Å². The van der Waals surface area contributed by atoms with Gasteiger partial charge in [-0.1, -0.05) is 17.7 Å². The van der Waals surface area contributed by atoms with Crippen LogP contribution in [0.15, 0.2) is 40.3 Å². The molecule has 0 aliphatic rings. The Bertz CT molecular complexity index is 650. The molecule has 106 valence electrons. The van der Waals surface area contributed by atoms with Gasteiger partial charge in [-0.05, 0) is 32.9 Å². The summed E-state index contributed by atoms with van der Waals surface area (Å²) in [6.07, 6.45) is 3.38. The summed E-state index contributed by atoms with van der Waals surface area (Å²) in [6.45, 7) is 5.75. The molecule has 0 aliphatic heterocycles. The van der Waals surface area contributed by atoms with Gasteiger partial charge in [-0.2, -0.15) is 5.10 Å². The fourth-order valence-electron chi connectivity index (χ4n) is 1.63. The molecule has 0 bridgehead atoms. The van der Waals surface area contributed by atoms with E-state index in [1.54, 1.807) is 12.4 Å². The highest BCUT2D eigenvalue weighted by Gasteiger charge is 2.19. The predicted molar refractivity (Wildman–Crippen MR) is 82.3 cm³/mol. The van der Waals surface area contributed by atoms with Crippen molar-refractivity contribution in [3.8, 4) is 0 Å². The highest BCUT2D eigenvalue weighted by atomic mass is 35.5. The SMILES string of the molecule is CC(C)(C)n1ncc(SCc2ccccn2)c(Cl)c1=O. The van der Waals surface area contributed by atoms with Crippen molar-refractivity contribution >= 4 is 23.4 Å². The van der Waals surface area contributed by atoms with Crippen molar-refractivity contribution in [3.05, 3.63) is 51.7 Å². The summed E-state index contributed by atoms with van der Waals surface area (Å²) >= 11 is 7.62. The third kappa shape index (κ3) is 3.41. The van der Waals surface area contributed by atoms with Gasteiger partial charge >= 0.3 is 0 Å². The number of nitrogens with zero attached hydrogens (tertiary/aromatic N) is 3. The van der Waals surface area contributed by atoms with E-state index in [1.807, 2.05) is 39.0 Å². The zero-order valence-electron chi connectivity index (χ0n) is 11.6. The number of pyridine rings is 1. The third-order valence-electron chi connectivity index (χ3n) is 2.62. The van der Waals surface area contributed by atoms with E-state index in [-0.39, 0.29) is 16.1 Å². The Morgan fingerprint density at radius 1 is 1.35 bits per heavy atom. The van der Waals surface area contributed by atoms with E-state index in [0.717, 1.165) is 5.69 Å². The molecule has 2 aromatic rings. The van der Waals surface area contributed by atoms with Crippen LogP contribution < -0.4 is 5.56 Å². The molecule has 2 rings (SSSR count). The maximum Gasteiger partial charge on any atom is 0.287 e. The number of aromatic nitrogens is 3. The van der Waals surface area contributed by atoms with E-state index in [2.05, 4.69) is 10.1 Å². The van der Waals surface area contributed by atoms with Crippen molar-refractivity contribution in [3.63, 3.8) is 0 Å². The minimum absolute atomic E-state index is 0.218. The smallest absolute Gasteiger partial charge is 0.266 e. The molecule has 4 nitrogen and oxygen atoms in total. The minimum atomic E-state index is -0.384. The summed E-state index contributed by atoms with van der Waals surface area (Å²) in [6, 6.07) is 5.73. The van der Waals surface area contributed by atoms with Gasteiger partial charge in [0, 0.05) is 11.9 Å². The van der Waals surface area contributed by atoms with E-state index in [1.165, 1.54) is 16.4 Å². The molecule has 0 unspecified atom stereocenters. The van der Waals surface area contributed by atoms with Gasteiger partial charge in [-0.15, -0.1) is 11.8 Å². The van der Waals surface area contributed by atoms with Crippen LogP contribution in [-0.2, 0) is 11.3 Å². The van der Waals surface area contributed by atoms with E-state index in [0.29, 0.717) is 10.6 Å². The Balaban J connectivity index is 2.23. The van der Waals surface area contributed by atoms with Crippen molar-refractivity contribution in [2.24, 2.45) is 0 Å². The molecule has 6 heteroatoms. The number of rotatable bonds is 3. The Morgan fingerprint density at radius 3 is 2.70 bits per heavy atom. The molecule has 2 aromatic heterocycles. The molecular formula is C14H16ClN3OS. The van der Waals surface area contributed by atoms with Crippen molar-refractivity contribution in [2.75, 3.05) is 0 Å². The molecule has 0 saturated carbocycles. The van der Waals surface area contributed by atoms with Crippen LogP contribution in [0.5, 0.6) is 0 Å². The van der Waals surface area contributed by atoms with Crippen LogP contribution >= 0.6 is 23.4 Å². The van der Waals surface area contributed by atoms with Crippen LogP contribution in [0.2, 0.25) is 5.02 Å². The van der Waals surface area contributed by atoms with Crippen molar-refractivity contribution in [1.82, 2.24) is 14.8 Å². The van der Waals surface area contributed by atoms with Crippen molar-refractivity contribution < 1.29 is 0 Å². The monoisotopic (exact) mass is 309 g/mol. The minimum Gasteiger partial charge on any atom is -0.266 e. The summed E-state index contributed by atoms with van der Waals surface area (Å²) in [4.78, 5) is 17.1. The summed E-state index contributed by atoms with van der Waals surface area (Å²) in [7, 11) is 0. The highest BCUT2D eigenvalue weighted by Crippen LogP contribution is 2.26. The standard InChI is InChI=1S/C14H16ClN3OS/c1-14(2,3)18-13(19)12(15)11(8-17-18)20-9-10-6-4-5-7-16-10/h4-8H,9H2,1-3H3. The molecule has 0 amide bonds. The predicted octanol–water partition coefficient (Wildman–Crippen LogP) is 3.34. The zero-order chi connectivity index (χ0) is 14.8. The Labute approximate surface area is 127 Å². The molecule has 0 aromatic carbocycles. The van der Waals surface area contributed by atoms with Gasteiger partial charge in [0.1, 0.15) is 5.02 Å². The lowest BCUT2D eigenvalue weighted by Gasteiger charge is -2.21. The average Bonchev–Trinajstić information content (AvgIpc) is 2.40. The summed E-state index contributed by atoms with van der Waals surface area (Å²) in [5.41, 5.74) is 0.295. The quantitative estimate of drug-likeness (QED) is 0.816. The first-order chi connectivity index (χ1) is 9.39. The maximum atomic E-state index is 12.2. The van der Waals surface area contributed by atoms with Gasteiger partial charge in [0.25, 0.3) is 5.56 Å². The Hall–Kier alpha value is -1.33. The number of hydrogen-bond acceptors (Lipinski definition) is 4. The van der Waals surface area contributed by atoms with Crippen LogP contribution in [0.4, 0.5) is 0 Å². The first-order valence-electron chi connectivity index (χ1n) is 6.20. The normalized spacial score (nSPS) is 11.6. The summed E-state index contributed by atoms with van der Waals surface area (Å²) in [5, 5.41) is 4.42. The molecule has 0 atom stereocenters. The second kappa shape index (κ2) is 5.97. The van der Waals surface area contributed by atoms with Gasteiger partial charge < -0.3 is 0 Å². The topological polar surface area (TPSA) is 47.8 Å². The fraction of sp³-hybridized carbons (Fsp3) is 0.357. The van der Waals surface area contributed by atoms with Crippen LogP contribution in [0.25, 0.3) is 0 Å². The first kappa shape index (κ1) is 15.1. The van der Waals surface area contributed by atoms with Crippen molar-refractivity contribution in [2.45, 2.75) is 37.0 Å². The van der Waals surface area contributed by atoms with Crippen LogP contribution in [0.1, 0.15) is 26.5 Å². The first-order valence-corrected chi connectivity index (χ1v) is 7.57. The molecule has 2 heterocycles. The van der Waals surface area contributed by atoms with E-state index < -0.39 is 0 Å². The molecule has 0 fully saturated rings. The molecule has 0 saturated heterocycles. The molecular weight excluding hydrogens is 294 g/mol. The number of thioether (sulfide) groups is 1. The third-order valence-corrected chi connectivity index (χ3v) is 4.16. The van der Waals surface area contributed by atoms with Crippen molar-refractivity contribution in [1.29, 1.82) is 0 Å². The maximum absolute atomic E-state index is 12.2. The lowest BCUT2D eigenvalue weighted by molar-refractivity contribution is 0.336. The molecule has 0 spiro atoms. The molecule has 0 aliphatic carbocycles. The Morgan fingerprint density at radius 2 is 2.10 bits per heavy atom. The number of hydrogen-bond donors (Lipinski definition) is 0. The second-order valence-electron chi connectivity index (χ2n) is 5.32. The van der Waals surface area contributed by atoms with Crippen LogP contribution in [0, 0.1) is 0 Å². The zero-order valence-corrected chi connectivity index (χ0v) is 13.2. The van der Waals surface area contributed by atoms with Gasteiger partial charge in [0.2, 0.25) is 0 Å². The van der Waals surface area contributed by atoms with Gasteiger partial charge in [-0.25, -0.2) is 4.68 Å². The Kier molecular flexibility index (Phi) is 4.50. The summed E-state index contributed by atoms with van der Waals surface area (Å²) < 4.78 is 1.40. The molecule has 20 heavy (non-hydrogen) atoms. The largest absolute Gasteiger partial charge is 0.287 e. The van der Waals surface area contributed by atoms with Gasteiger partial charge in [0.15, 0.2) is 0 Å². The fourth-order valence-corrected chi connectivity index (χ4v) is 2.73. The number of halogens is 1. The molecule has 0 radical (unpaired) electrons. The second-order valence-corrected chi connectivity index (χ2v) is 6.72. The highest BCUT2D eigenvalue weighted by molar-refractivity contribution is 7.98. The van der Waals surface area contributed by atoms with Crippen LogP contribution in [0.3, 0.4) is 0 Å². The van der Waals surface area contributed by atoms with E-state index in [9.17, 15) is 4.79 Å².